The van der Waals surface area contributed by atoms with E-state index in [9.17, 15) is 0 Å². The van der Waals surface area contributed by atoms with Gasteiger partial charge in [0.25, 0.3) is 0 Å². The Morgan fingerprint density at radius 2 is 1.88 bits per heavy atom. The molecule has 0 bridgehead atoms. The molecule has 1 saturated heterocycles. The Morgan fingerprint density at radius 1 is 1.20 bits per heavy atom. The van der Waals surface area contributed by atoms with Gasteiger partial charge < -0.3 is 14.7 Å². The van der Waals surface area contributed by atoms with Crippen molar-refractivity contribution in [2.24, 2.45) is 0 Å². The number of nitrogens with one attached hydrogen (secondary N) is 1. The van der Waals surface area contributed by atoms with Gasteiger partial charge in [-0.05, 0) is 42.8 Å². The first-order valence-corrected chi connectivity index (χ1v) is 9.22. The topological polar surface area (TPSA) is 44.5 Å². The van der Waals surface area contributed by atoms with Gasteiger partial charge in [0.15, 0.2) is 5.11 Å². The highest BCUT2D eigenvalue weighted by molar-refractivity contribution is 7.80. The summed E-state index contributed by atoms with van der Waals surface area (Å²) in [7, 11) is 0. The second-order valence-electron chi connectivity index (χ2n) is 6.90. The molecule has 0 atom stereocenters. The summed E-state index contributed by atoms with van der Waals surface area (Å²) in [6.07, 6.45) is 0. The molecule has 1 aromatic carbocycles. The van der Waals surface area contributed by atoms with Crippen LogP contribution in [0, 0.1) is 6.92 Å². The fourth-order valence-electron chi connectivity index (χ4n) is 2.98. The molecule has 134 valence electrons. The molecule has 1 aliphatic heterocycles. The Hall–Kier alpha value is -1.92. The van der Waals surface area contributed by atoms with Crippen LogP contribution < -0.4 is 5.32 Å². The van der Waals surface area contributed by atoms with E-state index in [2.05, 4.69) is 58.4 Å². The zero-order valence-electron chi connectivity index (χ0n) is 15.2. The maximum Gasteiger partial charge on any atom is 0.173 e. The fraction of sp³-hybridized carbons (Fsp3) is 0.474. The fourth-order valence-corrected chi connectivity index (χ4v) is 3.28. The third kappa shape index (κ3) is 4.80. The number of nitrogens with zero attached hydrogens (tertiary/aromatic N) is 3. The normalized spacial score (nSPS) is 15.6. The Balaban J connectivity index is 1.48. The van der Waals surface area contributed by atoms with Crippen LogP contribution in [0.4, 0.5) is 5.69 Å². The maximum absolute atomic E-state index is 5.58. The number of piperazine rings is 1. The van der Waals surface area contributed by atoms with Crippen LogP contribution in [-0.2, 0) is 6.54 Å². The van der Waals surface area contributed by atoms with Crippen LogP contribution >= 0.6 is 12.2 Å². The van der Waals surface area contributed by atoms with E-state index < -0.39 is 0 Å². The van der Waals surface area contributed by atoms with Gasteiger partial charge in [0.2, 0.25) is 0 Å². The van der Waals surface area contributed by atoms with Crippen LogP contribution in [0.25, 0.3) is 0 Å². The van der Waals surface area contributed by atoms with Gasteiger partial charge >= 0.3 is 0 Å². The van der Waals surface area contributed by atoms with E-state index in [4.69, 9.17) is 16.7 Å². The van der Waals surface area contributed by atoms with E-state index in [0.717, 1.165) is 55.0 Å². The number of aryl methyl sites for hydroxylation is 1. The highest BCUT2D eigenvalue weighted by Gasteiger charge is 2.20. The number of hydrogen-bond donors (Lipinski definition) is 1. The molecule has 5 nitrogen and oxygen atoms in total. The molecule has 2 aromatic rings. The van der Waals surface area contributed by atoms with Gasteiger partial charge in [-0.25, -0.2) is 0 Å². The van der Waals surface area contributed by atoms with Crippen molar-refractivity contribution in [2.75, 3.05) is 31.5 Å². The first-order valence-electron chi connectivity index (χ1n) is 8.81. The molecular weight excluding hydrogens is 332 g/mol. The molecule has 1 fully saturated rings. The summed E-state index contributed by atoms with van der Waals surface area (Å²) < 4.78 is 5.14. The second-order valence-corrected chi connectivity index (χ2v) is 7.29. The molecule has 1 N–H and O–H groups in total. The van der Waals surface area contributed by atoms with Crippen LogP contribution in [0.5, 0.6) is 0 Å². The summed E-state index contributed by atoms with van der Waals surface area (Å²) in [5.74, 6) is 1.41. The molecule has 0 amide bonds. The largest absolute Gasteiger partial charge is 0.361 e. The lowest BCUT2D eigenvalue weighted by atomic mass is 10.0. The number of rotatable bonds is 4. The molecule has 25 heavy (non-hydrogen) atoms. The number of benzene rings is 1. The Labute approximate surface area is 155 Å². The molecule has 0 spiro atoms. The summed E-state index contributed by atoms with van der Waals surface area (Å²) in [5.41, 5.74) is 3.39. The van der Waals surface area contributed by atoms with Gasteiger partial charge in [-0.1, -0.05) is 31.1 Å². The number of aromatic nitrogens is 1. The van der Waals surface area contributed by atoms with Crippen molar-refractivity contribution >= 4 is 23.0 Å². The standard InChI is InChI=1S/C19H26N4OS/c1-14(2)16-4-6-17(7-5-16)20-19(25)23-10-8-22(9-11-23)13-18-12-15(3)24-21-18/h4-7,12,14H,8-11,13H2,1-3H3,(H,20,25). The van der Waals surface area contributed by atoms with E-state index in [1.165, 1.54) is 5.56 Å². The van der Waals surface area contributed by atoms with Gasteiger partial charge in [0.05, 0.1) is 5.69 Å². The SMILES string of the molecule is Cc1cc(CN2CCN(C(=S)Nc3ccc(C(C)C)cc3)CC2)no1. The Kier molecular flexibility index (Phi) is 5.71. The van der Waals surface area contributed by atoms with Crippen LogP contribution in [0.15, 0.2) is 34.9 Å². The van der Waals surface area contributed by atoms with Crippen molar-refractivity contribution in [3.8, 4) is 0 Å². The zero-order chi connectivity index (χ0) is 17.8. The van der Waals surface area contributed by atoms with Crippen LogP contribution in [0.3, 0.4) is 0 Å². The number of anilines is 1. The number of hydrogen-bond acceptors (Lipinski definition) is 4. The smallest absolute Gasteiger partial charge is 0.173 e. The molecule has 1 aromatic heterocycles. The maximum atomic E-state index is 5.58. The molecule has 0 aliphatic carbocycles. The van der Waals surface area contributed by atoms with Crippen LogP contribution in [-0.4, -0.2) is 46.2 Å². The predicted molar refractivity (Wildman–Crippen MR) is 105 cm³/mol. The lowest BCUT2D eigenvalue weighted by Gasteiger charge is -2.35. The highest BCUT2D eigenvalue weighted by Crippen LogP contribution is 2.18. The summed E-state index contributed by atoms with van der Waals surface area (Å²) in [4.78, 5) is 4.62. The quantitative estimate of drug-likeness (QED) is 0.842. The van der Waals surface area contributed by atoms with E-state index in [1.54, 1.807) is 0 Å². The van der Waals surface area contributed by atoms with Crippen molar-refractivity contribution in [3.63, 3.8) is 0 Å². The predicted octanol–water partition coefficient (Wildman–Crippen LogP) is 3.62. The minimum Gasteiger partial charge on any atom is -0.361 e. The molecule has 1 aliphatic rings. The molecule has 0 saturated carbocycles. The van der Waals surface area contributed by atoms with Crippen molar-refractivity contribution in [1.29, 1.82) is 0 Å². The van der Waals surface area contributed by atoms with Gasteiger partial charge in [0, 0.05) is 44.5 Å². The minimum absolute atomic E-state index is 0.544. The monoisotopic (exact) mass is 358 g/mol. The van der Waals surface area contributed by atoms with E-state index in [-0.39, 0.29) is 0 Å². The average Bonchev–Trinajstić information content (AvgIpc) is 3.01. The highest BCUT2D eigenvalue weighted by atomic mass is 32.1. The van der Waals surface area contributed by atoms with Gasteiger partial charge in [0.1, 0.15) is 5.76 Å². The summed E-state index contributed by atoms with van der Waals surface area (Å²) in [6, 6.07) is 10.5. The lowest BCUT2D eigenvalue weighted by Crippen LogP contribution is -2.49. The summed E-state index contributed by atoms with van der Waals surface area (Å²) in [5, 5.41) is 8.23. The van der Waals surface area contributed by atoms with Gasteiger partial charge in [-0.15, -0.1) is 0 Å². The zero-order valence-corrected chi connectivity index (χ0v) is 16.0. The third-order valence-electron chi connectivity index (χ3n) is 4.55. The van der Waals surface area contributed by atoms with Crippen LogP contribution in [0.2, 0.25) is 0 Å². The van der Waals surface area contributed by atoms with Crippen molar-refractivity contribution < 1.29 is 4.52 Å². The summed E-state index contributed by atoms with van der Waals surface area (Å²) in [6.45, 7) is 11.0. The molecule has 6 heteroatoms. The number of thiocarbonyl (C=S) groups is 1. The van der Waals surface area contributed by atoms with Gasteiger partial charge in [-0.3, -0.25) is 4.90 Å². The Morgan fingerprint density at radius 3 is 2.44 bits per heavy atom. The minimum atomic E-state index is 0.544. The van der Waals surface area contributed by atoms with Crippen molar-refractivity contribution in [3.05, 3.63) is 47.3 Å². The van der Waals surface area contributed by atoms with E-state index in [0.29, 0.717) is 5.92 Å². The summed E-state index contributed by atoms with van der Waals surface area (Å²) >= 11 is 5.58. The van der Waals surface area contributed by atoms with Gasteiger partial charge in [-0.2, -0.15) is 0 Å². The first kappa shape index (κ1) is 17.9. The average molecular weight is 359 g/mol. The van der Waals surface area contributed by atoms with E-state index in [1.807, 2.05) is 13.0 Å². The first-order chi connectivity index (χ1) is 12.0. The van der Waals surface area contributed by atoms with E-state index >= 15 is 0 Å². The molecule has 0 radical (unpaired) electrons. The molecule has 3 rings (SSSR count). The van der Waals surface area contributed by atoms with Crippen LogP contribution in [0.1, 0.15) is 36.8 Å². The van der Waals surface area contributed by atoms with Crippen molar-refractivity contribution in [1.82, 2.24) is 15.0 Å². The molecule has 2 heterocycles. The van der Waals surface area contributed by atoms with Crippen molar-refractivity contribution in [2.45, 2.75) is 33.2 Å². The third-order valence-corrected chi connectivity index (χ3v) is 4.91. The molecule has 0 unspecified atom stereocenters. The molecular formula is C19H26N4OS. The lowest BCUT2D eigenvalue weighted by molar-refractivity contribution is 0.173. The Bertz CT molecular complexity index is 702. The second kappa shape index (κ2) is 7.97.